The number of aromatic nitrogens is 1. The van der Waals surface area contributed by atoms with Crippen molar-refractivity contribution in [3.63, 3.8) is 0 Å². The first-order valence-electron chi connectivity index (χ1n) is 12.4. The first-order valence-corrected chi connectivity index (χ1v) is 12.9. The molecule has 1 fully saturated rings. The number of ether oxygens (including phenoxy) is 1. The third-order valence-corrected chi connectivity index (χ3v) is 7.19. The predicted molar refractivity (Wildman–Crippen MR) is 147 cm³/mol. The van der Waals surface area contributed by atoms with Gasteiger partial charge < -0.3 is 19.9 Å². The molecule has 3 aromatic rings. The molecule has 1 aromatic heterocycles. The second-order valence-corrected chi connectivity index (χ2v) is 9.81. The third-order valence-electron chi connectivity index (χ3n) is 6.81. The van der Waals surface area contributed by atoms with Crippen molar-refractivity contribution in [3.05, 3.63) is 81.1 Å². The van der Waals surface area contributed by atoms with Gasteiger partial charge in [-0.15, -0.1) is 0 Å². The fourth-order valence-corrected chi connectivity index (χ4v) is 4.94. The van der Waals surface area contributed by atoms with Crippen LogP contribution in [0.1, 0.15) is 41.6 Å². The summed E-state index contributed by atoms with van der Waals surface area (Å²) in [6, 6.07) is 16.6. The molecule has 0 spiro atoms. The first kappa shape index (κ1) is 25.4. The minimum atomic E-state index is -0.0525. The van der Waals surface area contributed by atoms with Crippen LogP contribution in [0, 0.1) is 13.8 Å². The van der Waals surface area contributed by atoms with E-state index in [0.717, 1.165) is 73.4 Å². The lowest BCUT2D eigenvalue weighted by Gasteiger charge is -2.30. The Labute approximate surface area is 213 Å². The Morgan fingerprint density at radius 2 is 1.86 bits per heavy atom. The molecule has 1 aliphatic heterocycles. The summed E-state index contributed by atoms with van der Waals surface area (Å²) in [7, 11) is 0. The number of aromatic amines is 1. The molecule has 0 aliphatic carbocycles. The van der Waals surface area contributed by atoms with E-state index in [4.69, 9.17) is 17.0 Å². The van der Waals surface area contributed by atoms with Crippen LogP contribution >= 0.6 is 12.2 Å². The Balaban J connectivity index is 1.53. The van der Waals surface area contributed by atoms with Gasteiger partial charge >= 0.3 is 0 Å². The van der Waals surface area contributed by atoms with Gasteiger partial charge in [0.15, 0.2) is 5.11 Å². The van der Waals surface area contributed by atoms with Crippen LogP contribution in [0.3, 0.4) is 0 Å². The van der Waals surface area contributed by atoms with E-state index in [9.17, 15) is 4.79 Å². The normalized spacial score (nSPS) is 15.2. The highest BCUT2D eigenvalue weighted by atomic mass is 32.1. The van der Waals surface area contributed by atoms with Gasteiger partial charge in [-0.3, -0.25) is 9.69 Å². The molecule has 1 atom stereocenters. The molecule has 35 heavy (non-hydrogen) atoms. The Kier molecular flexibility index (Phi) is 8.55. The Morgan fingerprint density at radius 3 is 2.60 bits per heavy atom. The molecule has 0 saturated carbocycles. The van der Waals surface area contributed by atoms with Crippen molar-refractivity contribution >= 4 is 28.2 Å². The molecular formula is C28H36N4O2S. The predicted octanol–water partition coefficient (Wildman–Crippen LogP) is 4.30. The Hall–Kier alpha value is -2.74. The summed E-state index contributed by atoms with van der Waals surface area (Å²) >= 11 is 5.88. The Bertz CT molecular complexity index is 1200. The van der Waals surface area contributed by atoms with Gasteiger partial charge in [-0.25, -0.2) is 0 Å². The van der Waals surface area contributed by atoms with Gasteiger partial charge in [-0.05, 0) is 62.2 Å². The van der Waals surface area contributed by atoms with E-state index in [1.54, 1.807) is 0 Å². The molecule has 2 aromatic carbocycles. The minimum absolute atomic E-state index is 0.0525. The maximum Gasteiger partial charge on any atom is 0.253 e. The van der Waals surface area contributed by atoms with Gasteiger partial charge in [-0.1, -0.05) is 42.5 Å². The molecule has 0 amide bonds. The average molecular weight is 493 g/mol. The number of hydrogen-bond acceptors (Lipinski definition) is 4. The summed E-state index contributed by atoms with van der Waals surface area (Å²) in [6.07, 6.45) is 0.963. The van der Waals surface area contributed by atoms with E-state index in [-0.39, 0.29) is 11.6 Å². The summed E-state index contributed by atoms with van der Waals surface area (Å²) in [4.78, 5) is 20.7. The van der Waals surface area contributed by atoms with Crippen molar-refractivity contribution in [1.29, 1.82) is 0 Å². The molecule has 6 nitrogen and oxygen atoms in total. The van der Waals surface area contributed by atoms with Gasteiger partial charge in [0.25, 0.3) is 5.56 Å². The van der Waals surface area contributed by atoms with Gasteiger partial charge in [0.1, 0.15) is 0 Å². The summed E-state index contributed by atoms with van der Waals surface area (Å²) in [5.74, 6) is 0. The number of benzene rings is 2. The van der Waals surface area contributed by atoms with Crippen LogP contribution in [0.4, 0.5) is 0 Å². The van der Waals surface area contributed by atoms with E-state index in [2.05, 4.69) is 58.2 Å². The molecule has 4 rings (SSSR count). The van der Waals surface area contributed by atoms with Crippen LogP contribution in [0.5, 0.6) is 0 Å². The minimum Gasteiger partial charge on any atom is -0.379 e. The quantitative estimate of drug-likeness (QED) is 0.457. The SMILES string of the molecule is Cc1ccc(C)c2[nH]c(=O)c(CN(CCCN3CCOCC3)C(=S)N[C@H](C)c3ccccc3)cc12. The maximum absolute atomic E-state index is 13.1. The van der Waals surface area contributed by atoms with Crippen molar-refractivity contribution in [1.82, 2.24) is 20.1 Å². The van der Waals surface area contributed by atoms with Crippen LogP contribution < -0.4 is 10.9 Å². The number of fused-ring (bicyclic) bond motifs is 1. The van der Waals surface area contributed by atoms with Crippen molar-refractivity contribution < 1.29 is 4.74 Å². The molecule has 0 radical (unpaired) electrons. The first-order chi connectivity index (χ1) is 16.9. The summed E-state index contributed by atoms with van der Waals surface area (Å²) in [6.45, 7) is 12.0. The second kappa shape index (κ2) is 11.8. The zero-order valence-electron chi connectivity index (χ0n) is 21.0. The highest BCUT2D eigenvalue weighted by Crippen LogP contribution is 2.20. The zero-order valence-corrected chi connectivity index (χ0v) is 21.8. The highest BCUT2D eigenvalue weighted by molar-refractivity contribution is 7.80. The van der Waals surface area contributed by atoms with Crippen LogP contribution in [0.25, 0.3) is 10.9 Å². The van der Waals surface area contributed by atoms with Gasteiger partial charge in [0.05, 0.1) is 31.3 Å². The molecule has 2 N–H and O–H groups in total. The number of hydrogen-bond donors (Lipinski definition) is 2. The molecule has 7 heteroatoms. The third kappa shape index (κ3) is 6.48. The average Bonchev–Trinajstić information content (AvgIpc) is 2.87. The highest BCUT2D eigenvalue weighted by Gasteiger charge is 2.18. The van der Waals surface area contributed by atoms with E-state index in [1.165, 1.54) is 5.56 Å². The van der Waals surface area contributed by atoms with Crippen LogP contribution in [0.2, 0.25) is 0 Å². The molecule has 2 heterocycles. The second-order valence-electron chi connectivity index (χ2n) is 9.42. The van der Waals surface area contributed by atoms with Crippen molar-refractivity contribution in [2.45, 2.75) is 39.8 Å². The van der Waals surface area contributed by atoms with Gasteiger partial charge in [0, 0.05) is 37.1 Å². The number of H-pyrrole nitrogens is 1. The van der Waals surface area contributed by atoms with Gasteiger partial charge in [0.2, 0.25) is 0 Å². The largest absolute Gasteiger partial charge is 0.379 e. The van der Waals surface area contributed by atoms with Crippen molar-refractivity contribution in [3.8, 4) is 0 Å². The topological polar surface area (TPSA) is 60.6 Å². The monoisotopic (exact) mass is 492 g/mol. The fourth-order valence-electron chi connectivity index (χ4n) is 4.61. The number of pyridine rings is 1. The van der Waals surface area contributed by atoms with E-state index >= 15 is 0 Å². The lowest BCUT2D eigenvalue weighted by molar-refractivity contribution is 0.0367. The number of morpholine rings is 1. The molecule has 1 saturated heterocycles. The number of aryl methyl sites for hydroxylation is 2. The molecule has 0 bridgehead atoms. The summed E-state index contributed by atoms with van der Waals surface area (Å²) in [5.41, 5.74) is 5.00. The van der Waals surface area contributed by atoms with E-state index in [1.807, 2.05) is 31.2 Å². The number of nitrogens with zero attached hydrogens (tertiary/aromatic N) is 2. The summed E-state index contributed by atoms with van der Waals surface area (Å²) < 4.78 is 5.48. The molecule has 0 unspecified atom stereocenters. The van der Waals surface area contributed by atoms with E-state index < -0.39 is 0 Å². The fraction of sp³-hybridized carbons (Fsp3) is 0.429. The lowest BCUT2D eigenvalue weighted by Crippen LogP contribution is -2.43. The standard InChI is InChI=1S/C28H36N4O2S/c1-20-10-11-21(2)26-25(20)18-24(27(33)30-26)19-32(13-7-12-31-14-16-34-17-15-31)28(35)29-22(3)23-8-5-4-6-9-23/h4-6,8-11,18,22H,7,12-17,19H2,1-3H3,(H,29,35)(H,30,33)/t22-/m1/s1. The summed E-state index contributed by atoms with van der Waals surface area (Å²) in [5, 5.41) is 5.25. The molecule has 186 valence electrons. The zero-order chi connectivity index (χ0) is 24.8. The van der Waals surface area contributed by atoms with Crippen LogP contribution in [-0.2, 0) is 11.3 Å². The number of thiocarbonyl (C=S) groups is 1. The number of rotatable bonds is 8. The van der Waals surface area contributed by atoms with Crippen LogP contribution in [0.15, 0.2) is 53.3 Å². The van der Waals surface area contributed by atoms with Crippen LogP contribution in [-0.4, -0.2) is 59.3 Å². The molecular weight excluding hydrogens is 456 g/mol. The van der Waals surface area contributed by atoms with Crippen molar-refractivity contribution in [2.75, 3.05) is 39.4 Å². The molecule has 1 aliphatic rings. The van der Waals surface area contributed by atoms with Gasteiger partial charge in [-0.2, -0.15) is 0 Å². The Morgan fingerprint density at radius 1 is 1.14 bits per heavy atom. The van der Waals surface area contributed by atoms with Crippen molar-refractivity contribution in [2.24, 2.45) is 0 Å². The maximum atomic E-state index is 13.1. The number of nitrogens with one attached hydrogen (secondary N) is 2. The van der Waals surface area contributed by atoms with E-state index in [0.29, 0.717) is 11.7 Å². The smallest absolute Gasteiger partial charge is 0.253 e. The lowest BCUT2D eigenvalue weighted by atomic mass is 10.0.